The third-order valence-corrected chi connectivity index (χ3v) is 6.48. The normalized spacial score (nSPS) is 22.5. The van der Waals surface area contributed by atoms with Crippen LogP contribution in [0.1, 0.15) is 43.6 Å². The molecule has 2 aromatic heterocycles. The van der Waals surface area contributed by atoms with E-state index < -0.39 is 22.1 Å². The second-order valence-electron chi connectivity index (χ2n) is 7.34. The first-order chi connectivity index (χ1) is 12.8. The van der Waals surface area contributed by atoms with Gasteiger partial charge in [0.1, 0.15) is 0 Å². The third-order valence-electron chi connectivity index (χ3n) is 5.10. The smallest absolute Gasteiger partial charge is 0.267 e. The molecule has 1 saturated heterocycles. The van der Waals surface area contributed by atoms with Crippen LogP contribution in [0.2, 0.25) is 0 Å². The predicted molar refractivity (Wildman–Crippen MR) is 97.1 cm³/mol. The van der Waals surface area contributed by atoms with Gasteiger partial charge in [-0.1, -0.05) is 0 Å². The summed E-state index contributed by atoms with van der Waals surface area (Å²) in [5, 5.41) is 4.44. The van der Waals surface area contributed by atoms with E-state index >= 15 is 0 Å². The molecule has 9 nitrogen and oxygen atoms in total. The highest BCUT2D eigenvalue weighted by Gasteiger charge is 2.36. The minimum Gasteiger partial charge on any atom is -0.377 e. The SMILES string of the molecule is CC(C)n1cnc(S(=O)(=O)NC2COCC2n2nc3c(cc2=O)CCC3)c1. The first-order valence-electron chi connectivity index (χ1n) is 9.10. The maximum atomic E-state index is 12.7. The molecule has 4 rings (SSSR count). The van der Waals surface area contributed by atoms with E-state index in [1.807, 2.05) is 13.8 Å². The van der Waals surface area contributed by atoms with Gasteiger partial charge < -0.3 is 9.30 Å². The van der Waals surface area contributed by atoms with Crippen molar-refractivity contribution in [1.82, 2.24) is 24.1 Å². The topological polar surface area (TPSA) is 108 Å². The lowest BCUT2D eigenvalue weighted by atomic mass is 10.2. The van der Waals surface area contributed by atoms with E-state index in [-0.39, 0.29) is 29.8 Å². The molecule has 1 N–H and O–H groups in total. The first kappa shape index (κ1) is 18.3. The third kappa shape index (κ3) is 3.44. The van der Waals surface area contributed by atoms with Crippen molar-refractivity contribution in [2.75, 3.05) is 13.2 Å². The zero-order valence-electron chi connectivity index (χ0n) is 15.3. The highest BCUT2D eigenvalue weighted by Crippen LogP contribution is 2.23. The fourth-order valence-electron chi connectivity index (χ4n) is 3.55. The summed E-state index contributed by atoms with van der Waals surface area (Å²) >= 11 is 0. The molecule has 2 atom stereocenters. The van der Waals surface area contributed by atoms with E-state index in [2.05, 4.69) is 14.8 Å². The highest BCUT2D eigenvalue weighted by atomic mass is 32.2. The summed E-state index contributed by atoms with van der Waals surface area (Å²) < 4.78 is 36.7. The fourth-order valence-corrected chi connectivity index (χ4v) is 4.74. The van der Waals surface area contributed by atoms with Gasteiger partial charge in [0.15, 0.2) is 5.03 Å². The van der Waals surface area contributed by atoms with E-state index in [9.17, 15) is 13.2 Å². The second-order valence-corrected chi connectivity index (χ2v) is 9.00. The summed E-state index contributed by atoms with van der Waals surface area (Å²) in [5.41, 5.74) is 1.68. The molecule has 146 valence electrons. The number of hydrogen-bond acceptors (Lipinski definition) is 6. The maximum absolute atomic E-state index is 12.7. The number of nitrogens with one attached hydrogen (secondary N) is 1. The molecule has 3 heterocycles. The standard InChI is InChI=1S/C17H23N5O4S/c1-11(2)21-7-16(18-10-21)27(24,25)20-14-8-26-9-15(14)22-17(23)6-12-4-3-5-13(12)19-22/h6-7,10-11,14-15,20H,3-5,8-9H2,1-2H3. The summed E-state index contributed by atoms with van der Waals surface area (Å²) in [5.74, 6) is 0. The van der Waals surface area contributed by atoms with Gasteiger partial charge >= 0.3 is 0 Å². The van der Waals surface area contributed by atoms with Crippen LogP contribution in [0.15, 0.2) is 28.4 Å². The number of sulfonamides is 1. The molecule has 27 heavy (non-hydrogen) atoms. The maximum Gasteiger partial charge on any atom is 0.267 e. The molecule has 2 aliphatic rings. The Morgan fingerprint density at radius 2 is 2.11 bits per heavy atom. The Balaban J connectivity index is 1.59. The van der Waals surface area contributed by atoms with Gasteiger partial charge in [-0.3, -0.25) is 4.79 Å². The van der Waals surface area contributed by atoms with Gasteiger partial charge in [0.05, 0.1) is 37.3 Å². The van der Waals surface area contributed by atoms with Crippen LogP contribution in [-0.2, 0) is 27.6 Å². The minimum atomic E-state index is -3.83. The van der Waals surface area contributed by atoms with Crippen molar-refractivity contribution in [3.05, 3.63) is 40.2 Å². The van der Waals surface area contributed by atoms with Crippen LogP contribution < -0.4 is 10.3 Å². The molecule has 2 aromatic rings. The highest BCUT2D eigenvalue weighted by molar-refractivity contribution is 7.89. The summed E-state index contributed by atoms with van der Waals surface area (Å²) in [4.78, 5) is 16.5. The lowest BCUT2D eigenvalue weighted by molar-refractivity contribution is 0.181. The second kappa shape index (κ2) is 6.84. The molecule has 10 heteroatoms. The van der Waals surface area contributed by atoms with Gasteiger partial charge in [-0.25, -0.2) is 22.8 Å². The van der Waals surface area contributed by atoms with E-state index in [0.29, 0.717) is 0 Å². The van der Waals surface area contributed by atoms with Gasteiger partial charge in [0.25, 0.3) is 15.6 Å². The number of imidazole rings is 1. The van der Waals surface area contributed by atoms with Crippen LogP contribution in [0.5, 0.6) is 0 Å². The lowest BCUT2D eigenvalue weighted by Gasteiger charge is -2.20. The molecule has 0 aromatic carbocycles. The van der Waals surface area contributed by atoms with Crippen LogP contribution in [0.4, 0.5) is 0 Å². The largest absolute Gasteiger partial charge is 0.377 e. The molecule has 0 bridgehead atoms. The van der Waals surface area contributed by atoms with Crippen molar-refractivity contribution in [3.8, 4) is 0 Å². The van der Waals surface area contributed by atoms with Crippen molar-refractivity contribution >= 4 is 10.0 Å². The Labute approximate surface area is 157 Å². The summed E-state index contributed by atoms with van der Waals surface area (Å²) in [6.07, 6.45) is 5.69. The fraction of sp³-hybridized carbons (Fsp3) is 0.588. The van der Waals surface area contributed by atoms with E-state index in [1.54, 1.807) is 10.6 Å². The molecule has 0 radical (unpaired) electrons. The number of ether oxygens (including phenoxy) is 1. The zero-order chi connectivity index (χ0) is 19.2. The van der Waals surface area contributed by atoms with Crippen LogP contribution in [0.25, 0.3) is 0 Å². The molecule has 2 unspecified atom stereocenters. The molecule has 0 spiro atoms. The van der Waals surface area contributed by atoms with E-state index in [1.165, 1.54) is 17.2 Å². The zero-order valence-corrected chi connectivity index (χ0v) is 16.1. The molecular weight excluding hydrogens is 370 g/mol. The summed E-state index contributed by atoms with van der Waals surface area (Å²) in [6, 6.07) is 0.663. The van der Waals surface area contributed by atoms with Crippen LogP contribution >= 0.6 is 0 Å². The average Bonchev–Trinajstić information content (AvgIpc) is 3.33. The molecule has 0 saturated carbocycles. The Hall–Kier alpha value is -2.04. The Bertz CT molecular complexity index is 1010. The minimum absolute atomic E-state index is 0.0453. The van der Waals surface area contributed by atoms with Crippen molar-refractivity contribution in [2.24, 2.45) is 0 Å². The van der Waals surface area contributed by atoms with Gasteiger partial charge in [0.2, 0.25) is 0 Å². The van der Waals surface area contributed by atoms with Crippen molar-refractivity contribution in [1.29, 1.82) is 0 Å². The summed E-state index contributed by atoms with van der Waals surface area (Å²) in [6.45, 7) is 4.30. The Morgan fingerprint density at radius 3 is 2.85 bits per heavy atom. The van der Waals surface area contributed by atoms with Crippen LogP contribution in [0, 0.1) is 0 Å². The first-order valence-corrected chi connectivity index (χ1v) is 10.6. The monoisotopic (exact) mass is 393 g/mol. The molecular formula is C17H23N5O4S. The Kier molecular flexibility index (Phi) is 4.65. The van der Waals surface area contributed by atoms with Crippen molar-refractivity contribution in [3.63, 3.8) is 0 Å². The molecule has 1 fully saturated rings. The molecule has 1 aliphatic heterocycles. The Morgan fingerprint density at radius 1 is 1.30 bits per heavy atom. The number of rotatable bonds is 5. The summed E-state index contributed by atoms with van der Waals surface area (Å²) in [7, 11) is -3.83. The van der Waals surface area contributed by atoms with E-state index in [0.717, 1.165) is 30.5 Å². The van der Waals surface area contributed by atoms with Crippen LogP contribution in [-0.4, -0.2) is 47.0 Å². The number of aryl methyl sites for hydroxylation is 2. The lowest BCUT2D eigenvalue weighted by Crippen LogP contribution is -2.44. The van der Waals surface area contributed by atoms with Crippen molar-refractivity contribution < 1.29 is 13.2 Å². The van der Waals surface area contributed by atoms with E-state index in [4.69, 9.17) is 4.74 Å². The van der Waals surface area contributed by atoms with Gasteiger partial charge in [-0.2, -0.15) is 5.10 Å². The molecule has 1 aliphatic carbocycles. The quantitative estimate of drug-likeness (QED) is 0.789. The van der Waals surface area contributed by atoms with Crippen molar-refractivity contribution in [2.45, 2.75) is 56.3 Å². The number of nitrogens with zero attached hydrogens (tertiary/aromatic N) is 4. The van der Waals surface area contributed by atoms with Gasteiger partial charge in [-0.15, -0.1) is 0 Å². The predicted octanol–water partition coefficient (Wildman–Crippen LogP) is 0.428. The van der Waals surface area contributed by atoms with Gasteiger partial charge in [0, 0.05) is 18.3 Å². The molecule has 0 amide bonds. The van der Waals surface area contributed by atoms with Crippen LogP contribution in [0.3, 0.4) is 0 Å². The number of hydrogen-bond donors (Lipinski definition) is 1. The number of fused-ring (bicyclic) bond motifs is 1. The van der Waals surface area contributed by atoms with Gasteiger partial charge in [-0.05, 0) is 38.7 Å². The average molecular weight is 393 g/mol. The number of aromatic nitrogens is 4.